The Kier molecular flexibility index (Phi) is 3.98. The smallest absolute Gasteiger partial charge is 0.142 e. The van der Waals surface area contributed by atoms with Gasteiger partial charge < -0.3 is 5.73 Å². The first kappa shape index (κ1) is 12.1. The molecule has 1 nitrogen and oxygen atoms in total. The van der Waals surface area contributed by atoms with E-state index in [0.717, 1.165) is 6.42 Å². The summed E-state index contributed by atoms with van der Waals surface area (Å²) in [7, 11) is 0. The van der Waals surface area contributed by atoms with Crippen LogP contribution in [0.2, 0.25) is 0 Å². The monoisotopic (exact) mass is 285 g/mol. The van der Waals surface area contributed by atoms with Crippen molar-refractivity contribution >= 4 is 15.9 Å². The van der Waals surface area contributed by atoms with Gasteiger partial charge in [0.1, 0.15) is 5.82 Å². The summed E-state index contributed by atoms with van der Waals surface area (Å²) in [5, 5.41) is 0. The van der Waals surface area contributed by atoms with Crippen LogP contribution in [0.5, 0.6) is 0 Å². The minimum atomic E-state index is -0.201. The van der Waals surface area contributed by atoms with E-state index < -0.39 is 0 Å². The highest BCUT2D eigenvalue weighted by atomic mass is 79.9. The third kappa shape index (κ3) is 2.64. The van der Waals surface area contributed by atoms with E-state index in [4.69, 9.17) is 5.73 Å². The van der Waals surface area contributed by atoms with Crippen LogP contribution in [0.15, 0.2) is 22.7 Å². The van der Waals surface area contributed by atoms with Gasteiger partial charge in [-0.25, -0.2) is 4.39 Å². The Morgan fingerprint density at radius 1 is 1.38 bits per heavy atom. The molecule has 1 aromatic rings. The summed E-state index contributed by atoms with van der Waals surface area (Å²) in [6.07, 6.45) is 6.02. The average Bonchev–Trinajstić information content (AvgIpc) is 2.74. The van der Waals surface area contributed by atoms with Gasteiger partial charge in [0.2, 0.25) is 0 Å². The second-order valence-corrected chi connectivity index (χ2v) is 5.49. The lowest BCUT2D eigenvalue weighted by Crippen LogP contribution is -2.15. The molecule has 2 N–H and O–H groups in total. The van der Waals surface area contributed by atoms with Crippen LogP contribution in [0, 0.1) is 11.7 Å². The second-order valence-electron chi connectivity index (χ2n) is 4.64. The standard InChI is InChI=1S/C13H17BrFN/c14-11-7-3-6-10(13(11)15)12(16)8-9-4-1-2-5-9/h3,6-7,9,12H,1-2,4-5,8,16H2. The number of halogens is 2. The SMILES string of the molecule is NC(CC1CCCC1)c1cccc(Br)c1F. The van der Waals surface area contributed by atoms with E-state index in [-0.39, 0.29) is 11.9 Å². The molecule has 0 amide bonds. The summed E-state index contributed by atoms with van der Waals surface area (Å²) in [5.74, 6) is 0.487. The third-order valence-corrected chi connectivity index (χ3v) is 4.06. The maximum Gasteiger partial charge on any atom is 0.142 e. The molecule has 0 radical (unpaired) electrons. The summed E-state index contributed by atoms with van der Waals surface area (Å²) < 4.78 is 14.3. The van der Waals surface area contributed by atoms with Crippen molar-refractivity contribution in [2.45, 2.75) is 38.1 Å². The second kappa shape index (κ2) is 5.28. The van der Waals surface area contributed by atoms with Crippen LogP contribution in [0.3, 0.4) is 0 Å². The van der Waals surface area contributed by atoms with Crippen LogP contribution in [-0.2, 0) is 0 Å². The minimum absolute atomic E-state index is 0.166. The van der Waals surface area contributed by atoms with Crippen LogP contribution < -0.4 is 5.73 Å². The average molecular weight is 286 g/mol. The zero-order valence-corrected chi connectivity index (χ0v) is 10.8. The van der Waals surface area contributed by atoms with E-state index in [2.05, 4.69) is 15.9 Å². The Bertz CT molecular complexity index is 361. The molecule has 1 aromatic carbocycles. The van der Waals surface area contributed by atoms with Gasteiger partial charge in [0, 0.05) is 11.6 Å². The molecule has 0 saturated heterocycles. The maximum absolute atomic E-state index is 13.8. The molecule has 16 heavy (non-hydrogen) atoms. The molecule has 3 heteroatoms. The molecule has 88 valence electrons. The lowest BCUT2D eigenvalue weighted by Gasteiger charge is -2.17. The zero-order valence-electron chi connectivity index (χ0n) is 9.26. The van der Waals surface area contributed by atoms with Gasteiger partial charge in [-0.2, -0.15) is 0 Å². The van der Waals surface area contributed by atoms with Gasteiger partial charge in [0.05, 0.1) is 4.47 Å². The molecule has 1 fully saturated rings. The highest BCUT2D eigenvalue weighted by Crippen LogP contribution is 2.33. The highest BCUT2D eigenvalue weighted by molar-refractivity contribution is 9.10. The maximum atomic E-state index is 13.8. The Hall–Kier alpha value is -0.410. The van der Waals surface area contributed by atoms with Gasteiger partial charge in [-0.1, -0.05) is 37.8 Å². The van der Waals surface area contributed by atoms with E-state index in [1.807, 2.05) is 6.07 Å². The van der Waals surface area contributed by atoms with Crippen LogP contribution in [0.25, 0.3) is 0 Å². The Balaban J connectivity index is 2.07. The minimum Gasteiger partial charge on any atom is -0.324 e. The van der Waals surface area contributed by atoms with Crippen molar-refractivity contribution in [3.05, 3.63) is 34.1 Å². The van der Waals surface area contributed by atoms with Crippen molar-refractivity contribution in [3.63, 3.8) is 0 Å². The van der Waals surface area contributed by atoms with Gasteiger partial charge in [0.25, 0.3) is 0 Å². The first-order chi connectivity index (χ1) is 7.68. The van der Waals surface area contributed by atoms with Crippen LogP contribution >= 0.6 is 15.9 Å². The summed E-state index contributed by atoms with van der Waals surface area (Å²) in [5.41, 5.74) is 6.72. The lowest BCUT2D eigenvalue weighted by molar-refractivity contribution is 0.439. The molecule has 0 spiro atoms. The normalized spacial score (nSPS) is 18.9. The van der Waals surface area contributed by atoms with Gasteiger partial charge in [0.15, 0.2) is 0 Å². The number of nitrogens with two attached hydrogens (primary N) is 1. The molecular weight excluding hydrogens is 269 g/mol. The van der Waals surface area contributed by atoms with E-state index in [0.29, 0.717) is 16.0 Å². The van der Waals surface area contributed by atoms with E-state index >= 15 is 0 Å². The number of hydrogen-bond acceptors (Lipinski definition) is 1. The van der Waals surface area contributed by atoms with Crippen molar-refractivity contribution in [3.8, 4) is 0 Å². The van der Waals surface area contributed by atoms with Crippen molar-refractivity contribution < 1.29 is 4.39 Å². The number of benzene rings is 1. The van der Waals surface area contributed by atoms with Gasteiger partial charge in [-0.3, -0.25) is 0 Å². The lowest BCUT2D eigenvalue weighted by atomic mass is 9.94. The van der Waals surface area contributed by atoms with Crippen LogP contribution in [0.4, 0.5) is 4.39 Å². The van der Waals surface area contributed by atoms with Crippen molar-refractivity contribution in [1.82, 2.24) is 0 Å². The first-order valence-electron chi connectivity index (χ1n) is 5.88. The molecule has 0 aromatic heterocycles. The molecule has 0 aliphatic heterocycles. The van der Waals surface area contributed by atoms with Crippen LogP contribution in [0.1, 0.15) is 43.7 Å². The van der Waals surface area contributed by atoms with Gasteiger partial charge >= 0.3 is 0 Å². The summed E-state index contributed by atoms with van der Waals surface area (Å²) in [4.78, 5) is 0. The van der Waals surface area contributed by atoms with Gasteiger partial charge in [-0.05, 0) is 34.3 Å². The molecule has 2 rings (SSSR count). The quantitative estimate of drug-likeness (QED) is 0.886. The van der Waals surface area contributed by atoms with E-state index in [1.165, 1.54) is 25.7 Å². The fourth-order valence-corrected chi connectivity index (χ4v) is 2.92. The van der Waals surface area contributed by atoms with Crippen molar-refractivity contribution in [2.24, 2.45) is 11.7 Å². The Morgan fingerprint density at radius 2 is 2.06 bits per heavy atom. The molecule has 1 saturated carbocycles. The third-order valence-electron chi connectivity index (χ3n) is 3.44. The summed E-state index contributed by atoms with van der Waals surface area (Å²) >= 11 is 3.20. The molecule has 1 unspecified atom stereocenters. The molecule has 1 aliphatic carbocycles. The first-order valence-corrected chi connectivity index (χ1v) is 6.67. The molecule has 1 atom stereocenters. The predicted octanol–water partition coefficient (Wildman–Crippen LogP) is 4.17. The molecular formula is C13H17BrFN. The fourth-order valence-electron chi connectivity index (χ4n) is 2.54. The summed E-state index contributed by atoms with van der Waals surface area (Å²) in [6, 6.07) is 5.18. The topological polar surface area (TPSA) is 26.0 Å². The summed E-state index contributed by atoms with van der Waals surface area (Å²) in [6.45, 7) is 0. The van der Waals surface area contributed by atoms with Gasteiger partial charge in [-0.15, -0.1) is 0 Å². The van der Waals surface area contributed by atoms with Crippen LogP contribution in [-0.4, -0.2) is 0 Å². The molecule has 0 bridgehead atoms. The van der Waals surface area contributed by atoms with E-state index in [1.54, 1.807) is 12.1 Å². The zero-order chi connectivity index (χ0) is 11.5. The Morgan fingerprint density at radius 3 is 2.75 bits per heavy atom. The highest BCUT2D eigenvalue weighted by Gasteiger charge is 2.21. The fraction of sp³-hybridized carbons (Fsp3) is 0.538. The Labute approximate surface area is 104 Å². The van der Waals surface area contributed by atoms with Crippen molar-refractivity contribution in [2.75, 3.05) is 0 Å². The van der Waals surface area contributed by atoms with Crippen molar-refractivity contribution in [1.29, 1.82) is 0 Å². The molecule has 0 heterocycles. The largest absolute Gasteiger partial charge is 0.324 e. The molecule has 1 aliphatic rings. The number of rotatable bonds is 3. The predicted molar refractivity (Wildman–Crippen MR) is 67.6 cm³/mol. The number of hydrogen-bond donors (Lipinski definition) is 1. The van der Waals surface area contributed by atoms with E-state index in [9.17, 15) is 4.39 Å².